The van der Waals surface area contributed by atoms with E-state index in [9.17, 15) is 9.59 Å². The molecule has 7 heteroatoms. The number of para-hydroxylation sites is 2. The fourth-order valence-electron chi connectivity index (χ4n) is 1.36. The Morgan fingerprint density at radius 1 is 1.28 bits per heavy atom. The van der Waals surface area contributed by atoms with Crippen molar-refractivity contribution in [2.75, 3.05) is 0 Å². The second kappa shape index (κ2) is 4.92. The summed E-state index contributed by atoms with van der Waals surface area (Å²) < 4.78 is 0. The van der Waals surface area contributed by atoms with E-state index in [-0.39, 0.29) is 4.91 Å². The first-order valence-electron chi connectivity index (χ1n) is 5.00. The van der Waals surface area contributed by atoms with Crippen LogP contribution in [0.5, 0.6) is 0 Å². The van der Waals surface area contributed by atoms with E-state index in [0.29, 0.717) is 5.16 Å². The molecule has 1 aromatic heterocycles. The van der Waals surface area contributed by atoms with E-state index in [1.807, 2.05) is 24.3 Å². The highest BCUT2D eigenvalue weighted by Gasteiger charge is 2.11. The lowest BCUT2D eigenvalue weighted by atomic mass is 10.3. The molecule has 6 nitrogen and oxygen atoms in total. The molecule has 0 spiro atoms. The van der Waals surface area contributed by atoms with Gasteiger partial charge in [-0.25, -0.2) is 4.98 Å². The van der Waals surface area contributed by atoms with Crippen LogP contribution in [0.3, 0.4) is 0 Å². The summed E-state index contributed by atoms with van der Waals surface area (Å²) in [6, 6.07) is 7.40. The number of fused-ring (bicyclic) bond motifs is 1. The van der Waals surface area contributed by atoms with Crippen LogP contribution in [-0.4, -0.2) is 21.8 Å². The Labute approximate surface area is 106 Å². The molecule has 2 aromatic rings. The Morgan fingerprint density at radius 2 is 2.00 bits per heavy atom. The number of rotatable bonds is 4. The summed E-state index contributed by atoms with van der Waals surface area (Å²) in [5.74, 6) is -1.45. The molecular formula is C11H10N4O2S. The van der Waals surface area contributed by atoms with E-state index >= 15 is 0 Å². The van der Waals surface area contributed by atoms with E-state index in [1.54, 1.807) is 0 Å². The number of carbonyl (C=O) groups excluding carboxylic acids is 2. The molecule has 1 aromatic carbocycles. The van der Waals surface area contributed by atoms with Crippen LogP contribution < -0.4 is 11.5 Å². The summed E-state index contributed by atoms with van der Waals surface area (Å²) in [7, 11) is 0. The van der Waals surface area contributed by atoms with E-state index in [2.05, 4.69) is 9.97 Å². The molecule has 5 N–H and O–H groups in total. The highest BCUT2D eigenvalue weighted by molar-refractivity contribution is 8.03. The minimum atomic E-state index is -0.729. The number of imidazole rings is 1. The van der Waals surface area contributed by atoms with Crippen molar-refractivity contribution >= 4 is 34.6 Å². The van der Waals surface area contributed by atoms with Crippen LogP contribution in [0.4, 0.5) is 0 Å². The molecule has 2 rings (SSSR count). The lowest BCUT2D eigenvalue weighted by molar-refractivity contribution is -0.116. The van der Waals surface area contributed by atoms with Gasteiger partial charge in [-0.05, 0) is 23.9 Å². The van der Waals surface area contributed by atoms with Gasteiger partial charge in [-0.2, -0.15) is 0 Å². The van der Waals surface area contributed by atoms with Crippen LogP contribution in [0.15, 0.2) is 40.4 Å². The Bertz CT molecular complexity index is 614. The van der Waals surface area contributed by atoms with E-state index < -0.39 is 11.8 Å². The molecule has 1 heterocycles. The third-order valence-corrected chi connectivity index (χ3v) is 3.02. The van der Waals surface area contributed by atoms with Crippen LogP contribution in [-0.2, 0) is 9.59 Å². The van der Waals surface area contributed by atoms with Crippen LogP contribution in [0.1, 0.15) is 0 Å². The average molecular weight is 262 g/mol. The monoisotopic (exact) mass is 262 g/mol. The third kappa shape index (κ3) is 2.69. The number of H-pyrrole nitrogens is 1. The van der Waals surface area contributed by atoms with Crippen molar-refractivity contribution in [3.8, 4) is 0 Å². The molecule has 0 saturated carbocycles. The van der Waals surface area contributed by atoms with Gasteiger partial charge in [0.2, 0.25) is 5.91 Å². The highest BCUT2D eigenvalue weighted by atomic mass is 32.2. The van der Waals surface area contributed by atoms with Gasteiger partial charge in [0, 0.05) is 6.08 Å². The molecule has 18 heavy (non-hydrogen) atoms. The number of primary amides is 2. The van der Waals surface area contributed by atoms with Gasteiger partial charge in [0.15, 0.2) is 5.16 Å². The summed E-state index contributed by atoms with van der Waals surface area (Å²) in [5.41, 5.74) is 11.7. The second-order valence-corrected chi connectivity index (χ2v) is 4.47. The minimum absolute atomic E-state index is 0.0431. The molecule has 0 aliphatic heterocycles. The van der Waals surface area contributed by atoms with Crippen molar-refractivity contribution in [3.05, 3.63) is 35.2 Å². The van der Waals surface area contributed by atoms with Crippen molar-refractivity contribution in [1.82, 2.24) is 9.97 Å². The van der Waals surface area contributed by atoms with Gasteiger partial charge in [0.25, 0.3) is 5.91 Å². The molecule has 0 fully saturated rings. The minimum Gasteiger partial charge on any atom is -0.366 e. The molecular weight excluding hydrogens is 252 g/mol. The lowest BCUT2D eigenvalue weighted by Crippen LogP contribution is -2.16. The molecule has 0 bridgehead atoms. The zero-order chi connectivity index (χ0) is 13.1. The first-order chi connectivity index (χ1) is 8.56. The topological polar surface area (TPSA) is 115 Å². The van der Waals surface area contributed by atoms with Crippen LogP contribution in [0.25, 0.3) is 11.0 Å². The molecule has 0 atom stereocenters. The molecule has 0 unspecified atom stereocenters. The zero-order valence-electron chi connectivity index (χ0n) is 9.21. The van der Waals surface area contributed by atoms with Crippen molar-refractivity contribution in [2.24, 2.45) is 11.5 Å². The van der Waals surface area contributed by atoms with Gasteiger partial charge in [0.05, 0.1) is 15.9 Å². The van der Waals surface area contributed by atoms with Crippen molar-refractivity contribution in [3.63, 3.8) is 0 Å². The average Bonchev–Trinajstić information content (AvgIpc) is 2.69. The SMILES string of the molecule is NC(=O)/C=C(\Sc1nc2ccccc2[nH]1)C(N)=O. The van der Waals surface area contributed by atoms with Crippen molar-refractivity contribution in [1.29, 1.82) is 0 Å². The fraction of sp³-hybridized carbons (Fsp3) is 0. The molecule has 0 saturated heterocycles. The lowest BCUT2D eigenvalue weighted by Gasteiger charge is -1.98. The van der Waals surface area contributed by atoms with E-state index in [1.165, 1.54) is 0 Å². The number of aromatic nitrogens is 2. The normalized spacial score (nSPS) is 11.7. The molecule has 0 aliphatic rings. The summed E-state index contributed by atoms with van der Waals surface area (Å²) in [5, 5.41) is 0.475. The molecule has 92 valence electrons. The quantitative estimate of drug-likeness (QED) is 0.550. The van der Waals surface area contributed by atoms with Crippen LogP contribution >= 0.6 is 11.8 Å². The number of aromatic amines is 1. The van der Waals surface area contributed by atoms with Gasteiger partial charge >= 0.3 is 0 Å². The molecule has 0 radical (unpaired) electrons. The summed E-state index contributed by atoms with van der Waals surface area (Å²) in [6.45, 7) is 0. The number of hydrogen-bond acceptors (Lipinski definition) is 4. The number of nitrogens with zero attached hydrogens (tertiary/aromatic N) is 1. The van der Waals surface area contributed by atoms with Gasteiger partial charge in [-0.1, -0.05) is 12.1 Å². The number of thioether (sulfide) groups is 1. The summed E-state index contributed by atoms with van der Waals surface area (Å²) in [4.78, 5) is 29.2. The molecule has 2 amide bonds. The van der Waals surface area contributed by atoms with Crippen LogP contribution in [0.2, 0.25) is 0 Å². The smallest absolute Gasteiger partial charge is 0.255 e. The number of nitrogens with two attached hydrogens (primary N) is 2. The maximum atomic E-state index is 11.1. The van der Waals surface area contributed by atoms with Crippen molar-refractivity contribution in [2.45, 2.75) is 5.16 Å². The van der Waals surface area contributed by atoms with Gasteiger partial charge in [0.1, 0.15) is 0 Å². The van der Waals surface area contributed by atoms with E-state index in [0.717, 1.165) is 28.9 Å². The van der Waals surface area contributed by atoms with Crippen molar-refractivity contribution < 1.29 is 9.59 Å². The largest absolute Gasteiger partial charge is 0.366 e. The fourth-order valence-corrected chi connectivity index (χ4v) is 2.15. The zero-order valence-corrected chi connectivity index (χ0v) is 10.0. The third-order valence-electron chi connectivity index (χ3n) is 2.09. The predicted octanol–water partition coefficient (Wildman–Crippen LogP) is 0.510. The number of amides is 2. The Morgan fingerprint density at radius 3 is 2.61 bits per heavy atom. The molecule has 0 aliphatic carbocycles. The maximum absolute atomic E-state index is 11.1. The number of benzene rings is 1. The number of carbonyl (C=O) groups is 2. The first kappa shape index (κ1) is 12.2. The Balaban J connectivity index is 2.31. The van der Waals surface area contributed by atoms with E-state index in [4.69, 9.17) is 11.5 Å². The Kier molecular flexibility index (Phi) is 3.33. The summed E-state index contributed by atoms with van der Waals surface area (Å²) in [6.07, 6.45) is 0.986. The van der Waals surface area contributed by atoms with Gasteiger partial charge < -0.3 is 16.5 Å². The number of hydrogen-bond donors (Lipinski definition) is 3. The number of nitrogens with one attached hydrogen (secondary N) is 1. The van der Waals surface area contributed by atoms with Crippen LogP contribution in [0, 0.1) is 0 Å². The maximum Gasteiger partial charge on any atom is 0.255 e. The Hall–Kier alpha value is -2.28. The standard InChI is InChI=1S/C11H10N4O2S/c12-9(16)5-8(10(13)17)18-11-14-6-3-1-2-4-7(6)15-11/h1-5H,(H2,12,16)(H2,13,17)(H,14,15)/b8-5-. The second-order valence-electron chi connectivity index (χ2n) is 3.44. The van der Waals surface area contributed by atoms with Gasteiger partial charge in [-0.15, -0.1) is 0 Å². The predicted molar refractivity (Wildman–Crippen MR) is 68.4 cm³/mol. The van der Waals surface area contributed by atoms with Gasteiger partial charge in [-0.3, -0.25) is 9.59 Å². The highest BCUT2D eigenvalue weighted by Crippen LogP contribution is 2.25. The summed E-state index contributed by atoms with van der Waals surface area (Å²) >= 11 is 0.970. The first-order valence-corrected chi connectivity index (χ1v) is 5.81.